The molecule has 0 aromatic heterocycles. The molecule has 20 heavy (non-hydrogen) atoms. The smallest absolute Gasteiger partial charge is 0.326 e. The number of thioether (sulfide) groups is 1. The molecule has 2 amide bonds. The summed E-state index contributed by atoms with van der Waals surface area (Å²) in [5.74, 6) is -3.12. The molecule has 108 valence electrons. The highest BCUT2D eigenvalue weighted by atomic mass is 32.2. The summed E-state index contributed by atoms with van der Waals surface area (Å²) < 4.78 is 12.7. The number of amides is 2. The molecule has 0 bridgehead atoms. The number of hydrogen-bond donors (Lipinski definition) is 3. The van der Waals surface area contributed by atoms with Crippen molar-refractivity contribution in [3.05, 3.63) is 30.1 Å². The number of aliphatic carboxylic acids is 1. The fourth-order valence-electron chi connectivity index (χ4n) is 1.32. The Hall–Kier alpha value is -2.09. The predicted octanol–water partition coefficient (Wildman–Crippen LogP) is 0.363. The number of rotatable bonds is 7. The van der Waals surface area contributed by atoms with Crippen LogP contribution in [0.1, 0.15) is 6.42 Å². The molecule has 0 radical (unpaired) electrons. The Labute approximate surface area is 118 Å². The Morgan fingerprint density at radius 1 is 1.30 bits per heavy atom. The standard InChI is InChI=1S/C12H13FN2O4S/c13-7-1-3-8(4-2-7)20-6-11(17)15-9(12(18)19)5-10(14)16/h1-4,9H,5-6H2,(H2,14,16)(H,15,17)(H,18,19)/t9-/m1/s1. The molecule has 1 aromatic rings. The Morgan fingerprint density at radius 2 is 1.90 bits per heavy atom. The number of carboxylic acids is 1. The lowest BCUT2D eigenvalue weighted by molar-refractivity contribution is -0.143. The SMILES string of the molecule is NC(=O)C[C@@H](NC(=O)CSc1ccc(F)cc1)C(=O)O. The molecule has 1 rings (SSSR count). The lowest BCUT2D eigenvalue weighted by Gasteiger charge is -2.12. The molecule has 4 N–H and O–H groups in total. The average Bonchev–Trinajstić information content (AvgIpc) is 2.36. The fourth-order valence-corrected chi connectivity index (χ4v) is 2.03. The van der Waals surface area contributed by atoms with Crippen LogP contribution in [-0.4, -0.2) is 34.7 Å². The van der Waals surface area contributed by atoms with Gasteiger partial charge in [0.25, 0.3) is 0 Å². The van der Waals surface area contributed by atoms with Crippen LogP contribution in [0.25, 0.3) is 0 Å². The highest BCUT2D eigenvalue weighted by Gasteiger charge is 2.21. The zero-order valence-electron chi connectivity index (χ0n) is 10.3. The highest BCUT2D eigenvalue weighted by Crippen LogP contribution is 2.17. The lowest BCUT2D eigenvalue weighted by Crippen LogP contribution is -2.44. The Morgan fingerprint density at radius 3 is 2.40 bits per heavy atom. The van der Waals surface area contributed by atoms with E-state index in [4.69, 9.17) is 10.8 Å². The lowest BCUT2D eigenvalue weighted by atomic mass is 10.2. The summed E-state index contributed by atoms with van der Waals surface area (Å²) in [5.41, 5.74) is 4.89. The summed E-state index contributed by atoms with van der Waals surface area (Å²) in [6.07, 6.45) is -0.470. The van der Waals surface area contributed by atoms with E-state index in [1.807, 2.05) is 0 Å². The van der Waals surface area contributed by atoms with Crippen molar-refractivity contribution >= 4 is 29.5 Å². The van der Waals surface area contributed by atoms with Crippen LogP contribution in [-0.2, 0) is 14.4 Å². The number of benzene rings is 1. The van der Waals surface area contributed by atoms with Gasteiger partial charge >= 0.3 is 5.97 Å². The first-order valence-electron chi connectivity index (χ1n) is 5.57. The van der Waals surface area contributed by atoms with E-state index in [9.17, 15) is 18.8 Å². The van der Waals surface area contributed by atoms with Gasteiger partial charge in [0.15, 0.2) is 0 Å². The van der Waals surface area contributed by atoms with Gasteiger partial charge in [0, 0.05) is 4.90 Å². The molecule has 6 nitrogen and oxygen atoms in total. The number of primary amides is 1. The van der Waals surface area contributed by atoms with Crippen LogP contribution >= 0.6 is 11.8 Å². The largest absolute Gasteiger partial charge is 0.480 e. The maximum atomic E-state index is 12.7. The van der Waals surface area contributed by atoms with E-state index >= 15 is 0 Å². The molecule has 0 aliphatic rings. The quantitative estimate of drug-likeness (QED) is 0.630. The van der Waals surface area contributed by atoms with Gasteiger partial charge in [-0.3, -0.25) is 9.59 Å². The summed E-state index contributed by atoms with van der Waals surface area (Å²) in [5, 5.41) is 11.0. The third-order valence-corrected chi connectivity index (χ3v) is 3.23. The Bertz CT molecular complexity index is 507. The third-order valence-electron chi connectivity index (χ3n) is 2.22. The van der Waals surface area contributed by atoms with Gasteiger partial charge < -0.3 is 16.2 Å². The van der Waals surface area contributed by atoms with Crippen molar-refractivity contribution in [1.29, 1.82) is 0 Å². The summed E-state index contributed by atoms with van der Waals surface area (Å²) in [6.45, 7) is 0. The van der Waals surface area contributed by atoms with Crippen molar-refractivity contribution in [1.82, 2.24) is 5.32 Å². The van der Waals surface area contributed by atoms with Crippen molar-refractivity contribution in [2.24, 2.45) is 5.73 Å². The molecule has 0 spiro atoms. The number of hydrogen-bond acceptors (Lipinski definition) is 4. The molecule has 8 heteroatoms. The highest BCUT2D eigenvalue weighted by molar-refractivity contribution is 8.00. The summed E-state index contributed by atoms with van der Waals surface area (Å²) >= 11 is 1.12. The van der Waals surface area contributed by atoms with Crippen LogP contribution in [0.2, 0.25) is 0 Å². The molecule has 0 saturated carbocycles. The predicted molar refractivity (Wildman–Crippen MR) is 70.5 cm³/mol. The number of carboxylic acid groups (broad SMARTS) is 1. The van der Waals surface area contributed by atoms with Gasteiger partial charge in [0.1, 0.15) is 11.9 Å². The second kappa shape index (κ2) is 7.49. The van der Waals surface area contributed by atoms with Crippen molar-refractivity contribution in [3.8, 4) is 0 Å². The first-order valence-corrected chi connectivity index (χ1v) is 6.56. The first-order chi connectivity index (χ1) is 9.38. The van der Waals surface area contributed by atoms with Crippen LogP contribution in [0.15, 0.2) is 29.2 Å². The van der Waals surface area contributed by atoms with E-state index in [-0.39, 0.29) is 11.6 Å². The zero-order chi connectivity index (χ0) is 15.1. The Kier molecular flexibility index (Phi) is 5.98. The van der Waals surface area contributed by atoms with Crippen LogP contribution in [0.4, 0.5) is 4.39 Å². The van der Waals surface area contributed by atoms with E-state index in [1.165, 1.54) is 24.3 Å². The first kappa shape index (κ1) is 16.0. The number of nitrogens with two attached hydrogens (primary N) is 1. The van der Waals surface area contributed by atoms with Crippen LogP contribution in [0, 0.1) is 5.82 Å². The molecular weight excluding hydrogens is 287 g/mol. The molecule has 1 atom stereocenters. The molecule has 0 unspecified atom stereocenters. The molecule has 0 heterocycles. The summed E-state index contributed by atoms with van der Waals surface area (Å²) in [7, 11) is 0. The van der Waals surface area contributed by atoms with Crippen LogP contribution < -0.4 is 11.1 Å². The van der Waals surface area contributed by atoms with E-state index < -0.39 is 30.2 Å². The van der Waals surface area contributed by atoms with Crippen molar-refractivity contribution in [2.75, 3.05) is 5.75 Å². The minimum Gasteiger partial charge on any atom is -0.480 e. The van der Waals surface area contributed by atoms with Gasteiger partial charge in [-0.1, -0.05) is 0 Å². The monoisotopic (exact) mass is 300 g/mol. The van der Waals surface area contributed by atoms with Crippen molar-refractivity contribution < 1.29 is 23.9 Å². The molecule has 0 saturated heterocycles. The topological polar surface area (TPSA) is 109 Å². The van der Waals surface area contributed by atoms with Crippen LogP contribution in [0.3, 0.4) is 0 Å². The second-order valence-corrected chi connectivity index (χ2v) is 4.92. The fraction of sp³-hybridized carbons (Fsp3) is 0.250. The van der Waals surface area contributed by atoms with E-state index in [2.05, 4.69) is 5.32 Å². The number of carbonyl (C=O) groups is 3. The van der Waals surface area contributed by atoms with Gasteiger partial charge in [-0.25, -0.2) is 9.18 Å². The maximum Gasteiger partial charge on any atom is 0.326 e. The zero-order valence-corrected chi connectivity index (χ0v) is 11.2. The van der Waals surface area contributed by atoms with Crippen molar-refractivity contribution in [3.63, 3.8) is 0 Å². The summed E-state index contributed by atoms with van der Waals surface area (Å²) in [4.78, 5) is 33.7. The maximum absolute atomic E-state index is 12.7. The van der Waals surface area contributed by atoms with Gasteiger partial charge in [0.2, 0.25) is 11.8 Å². The molecule has 0 aliphatic carbocycles. The van der Waals surface area contributed by atoms with E-state index in [0.717, 1.165) is 11.8 Å². The molecular formula is C12H13FN2O4S. The normalized spacial score (nSPS) is 11.7. The van der Waals surface area contributed by atoms with Crippen LogP contribution in [0.5, 0.6) is 0 Å². The number of carbonyl (C=O) groups excluding carboxylic acids is 2. The molecule has 1 aromatic carbocycles. The van der Waals surface area contributed by atoms with E-state index in [1.54, 1.807) is 0 Å². The van der Waals surface area contributed by atoms with Gasteiger partial charge in [-0.2, -0.15) is 0 Å². The third kappa shape index (κ3) is 5.70. The minimum atomic E-state index is -1.34. The van der Waals surface area contributed by atoms with Gasteiger partial charge in [-0.05, 0) is 24.3 Å². The average molecular weight is 300 g/mol. The number of halogens is 1. The molecule has 0 aliphatic heterocycles. The molecule has 0 fully saturated rings. The number of nitrogens with one attached hydrogen (secondary N) is 1. The van der Waals surface area contributed by atoms with Crippen molar-refractivity contribution in [2.45, 2.75) is 17.4 Å². The van der Waals surface area contributed by atoms with E-state index in [0.29, 0.717) is 4.90 Å². The van der Waals surface area contributed by atoms with Gasteiger partial charge in [0.05, 0.1) is 12.2 Å². The second-order valence-electron chi connectivity index (χ2n) is 3.87. The minimum absolute atomic E-state index is 0.0474. The summed E-state index contributed by atoms with van der Waals surface area (Å²) in [6, 6.07) is 4.19. The van der Waals surface area contributed by atoms with Gasteiger partial charge in [-0.15, -0.1) is 11.8 Å². The Balaban J connectivity index is 2.47.